The Balaban J connectivity index is 1.67. The smallest absolute Gasteiger partial charge is 0.243 e. The highest BCUT2D eigenvalue weighted by Crippen LogP contribution is 2.08. The Labute approximate surface area is 107 Å². The van der Waals surface area contributed by atoms with E-state index in [0.29, 0.717) is 25.9 Å². The molecule has 3 N–H and O–H groups in total. The molecule has 0 aromatic heterocycles. The van der Waals surface area contributed by atoms with Gasteiger partial charge in [0.15, 0.2) is 0 Å². The Morgan fingerprint density at radius 2 is 2.11 bits per heavy atom. The molecule has 2 heterocycles. The Morgan fingerprint density at radius 3 is 2.78 bits per heavy atom. The molecular formula is C12H21N3O3. The maximum Gasteiger partial charge on any atom is 0.243 e. The number of β-amino-alcohol motifs (C(OH)–C–C–N with tert-alkyl or cyclic N) is 1. The number of hydrogen-bond donors (Lipinski definition) is 3. The minimum atomic E-state index is -0.464. The molecule has 2 unspecified atom stereocenters. The van der Waals surface area contributed by atoms with E-state index in [-0.39, 0.29) is 17.9 Å². The van der Waals surface area contributed by atoms with E-state index in [9.17, 15) is 14.7 Å². The third-order valence-corrected chi connectivity index (χ3v) is 3.51. The molecule has 0 bridgehead atoms. The molecule has 102 valence electrons. The number of carbonyl (C=O) groups is 2. The van der Waals surface area contributed by atoms with Crippen molar-refractivity contribution in [1.29, 1.82) is 0 Å². The molecule has 2 atom stereocenters. The van der Waals surface area contributed by atoms with Crippen molar-refractivity contribution in [1.82, 2.24) is 15.5 Å². The zero-order chi connectivity index (χ0) is 13.0. The maximum atomic E-state index is 11.5. The SMILES string of the molecule is O=C1CCC(NCC(O)CN2CCCC2)C(=O)N1. The quantitative estimate of drug-likeness (QED) is 0.540. The molecular weight excluding hydrogens is 234 g/mol. The van der Waals surface area contributed by atoms with Crippen molar-refractivity contribution in [3.63, 3.8) is 0 Å². The fourth-order valence-electron chi connectivity index (χ4n) is 2.49. The van der Waals surface area contributed by atoms with Crippen LogP contribution in [0.4, 0.5) is 0 Å². The summed E-state index contributed by atoms with van der Waals surface area (Å²) in [7, 11) is 0. The summed E-state index contributed by atoms with van der Waals surface area (Å²) in [5.74, 6) is -0.490. The third kappa shape index (κ3) is 3.76. The van der Waals surface area contributed by atoms with E-state index in [1.807, 2.05) is 0 Å². The molecule has 18 heavy (non-hydrogen) atoms. The summed E-state index contributed by atoms with van der Waals surface area (Å²) in [5, 5.41) is 15.2. The normalized spacial score (nSPS) is 27.3. The highest BCUT2D eigenvalue weighted by Gasteiger charge is 2.26. The van der Waals surface area contributed by atoms with Gasteiger partial charge in [0.2, 0.25) is 11.8 Å². The van der Waals surface area contributed by atoms with Crippen molar-refractivity contribution in [3.05, 3.63) is 0 Å². The summed E-state index contributed by atoms with van der Waals surface area (Å²) >= 11 is 0. The summed E-state index contributed by atoms with van der Waals surface area (Å²) in [6, 6.07) is -0.351. The zero-order valence-electron chi connectivity index (χ0n) is 10.5. The number of rotatable bonds is 5. The van der Waals surface area contributed by atoms with Crippen molar-refractivity contribution >= 4 is 11.8 Å². The number of likely N-dealkylation sites (tertiary alicyclic amines) is 1. The number of imide groups is 1. The average Bonchev–Trinajstić information content (AvgIpc) is 2.80. The van der Waals surface area contributed by atoms with Crippen molar-refractivity contribution in [2.75, 3.05) is 26.2 Å². The number of carbonyl (C=O) groups excluding carboxylic acids is 2. The number of nitrogens with zero attached hydrogens (tertiary/aromatic N) is 1. The van der Waals surface area contributed by atoms with Crippen LogP contribution in [0.15, 0.2) is 0 Å². The van der Waals surface area contributed by atoms with E-state index >= 15 is 0 Å². The van der Waals surface area contributed by atoms with Gasteiger partial charge in [0.1, 0.15) is 0 Å². The minimum Gasteiger partial charge on any atom is -0.390 e. The lowest BCUT2D eigenvalue weighted by atomic mass is 10.1. The van der Waals surface area contributed by atoms with Gasteiger partial charge < -0.3 is 15.3 Å². The Bertz CT molecular complexity index is 316. The number of nitrogens with one attached hydrogen (secondary N) is 2. The zero-order valence-corrected chi connectivity index (χ0v) is 10.5. The highest BCUT2D eigenvalue weighted by molar-refractivity contribution is 6.00. The van der Waals surface area contributed by atoms with Crippen molar-refractivity contribution in [3.8, 4) is 0 Å². The Hall–Kier alpha value is -0.980. The number of hydrogen-bond acceptors (Lipinski definition) is 5. The van der Waals surface area contributed by atoms with Crippen LogP contribution < -0.4 is 10.6 Å². The van der Waals surface area contributed by atoms with Gasteiger partial charge in [-0.15, -0.1) is 0 Å². The molecule has 2 saturated heterocycles. The summed E-state index contributed by atoms with van der Waals surface area (Å²) in [4.78, 5) is 24.7. The van der Waals surface area contributed by atoms with Crippen LogP contribution in [0.5, 0.6) is 0 Å². The maximum absolute atomic E-state index is 11.5. The van der Waals surface area contributed by atoms with E-state index in [2.05, 4.69) is 15.5 Å². The Morgan fingerprint density at radius 1 is 1.39 bits per heavy atom. The van der Waals surface area contributed by atoms with E-state index in [4.69, 9.17) is 0 Å². The van der Waals surface area contributed by atoms with E-state index in [1.54, 1.807) is 0 Å². The minimum absolute atomic E-state index is 0.212. The van der Waals surface area contributed by atoms with Gasteiger partial charge in [-0.2, -0.15) is 0 Å². The van der Waals surface area contributed by atoms with Gasteiger partial charge in [-0.05, 0) is 32.4 Å². The van der Waals surface area contributed by atoms with Gasteiger partial charge in [-0.3, -0.25) is 14.9 Å². The Kier molecular flexibility index (Phi) is 4.68. The van der Waals surface area contributed by atoms with Crippen LogP contribution in [-0.4, -0.2) is 60.1 Å². The van der Waals surface area contributed by atoms with Gasteiger partial charge in [0, 0.05) is 19.5 Å². The number of amides is 2. The fraction of sp³-hybridized carbons (Fsp3) is 0.833. The first-order valence-corrected chi connectivity index (χ1v) is 6.62. The van der Waals surface area contributed by atoms with Crippen LogP contribution in [0.1, 0.15) is 25.7 Å². The molecule has 0 radical (unpaired) electrons. The van der Waals surface area contributed by atoms with Crippen molar-refractivity contribution in [2.45, 2.75) is 37.8 Å². The van der Waals surface area contributed by atoms with E-state index in [1.165, 1.54) is 12.8 Å². The largest absolute Gasteiger partial charge is 0.390 e. The summed E-state index contributed by atoms with van der Waals surface area (Å²) in [6.07, 6.45) is 2.82. The van der Waals surface area contributed by atoms with Crippen LogP contribution in [0.2, 0.25) is 0 Å². The third-order valence-electron chi connectivity index (χ3n) is 3.51. The van der Waals surface area contributed by atoms with E-state index in [0.717, 1.165) is 13.1 Å². The van der Waals surface area contributed by atoms with Crippen molar-refractivity contribution < 1.29 is 14.7 Å². The predicted octanol–water partition coefficient (Wildman–Crippen LogP) is -1.16. The molecule has 2 aliphatic rings. The summed E-state index contributed by atoms with van der Waals surface area (Å²) < 4.78 is 0. The molecule has 0 aromatic rings. The van der Waals surface area contributed by atoms with Crippen molar-refractivity contribution in [2.24, 2.45) is 0 Å². The summed E-state index contributed by atoms with van der Waals surface area (Å²) in [5.41, 5.74) is 0. The van der Waals surface area contributed by atoms with Gasteiger partial charge >= 0.3 is 0 Å². The van der Waals surface area contributed by atoms with Gasteiger partial charge in [0.05, 0.1) is 12.1 Å². The molecule has 2 rings (SSSR count). The first kappa shape index (κ1) is 13.5. The second-order valence-electron chi connectivity index (χ2n) is 5.07. The topological polar surface area (TPSA) is 81.7 Å². The predicted molar refractivity (Wildman–Crippen MR) is 65.9 cm³/mol. The number of aliphatic hydroxyl groups is 1. The molecule has 0 aliphatic carbocycles. The van der Waals surface area contributed by atoms with Crippen LogP contribution in [0.25, 0.3) is 0 Å². The van der Waals surface area contributed by atoms with Crippen LogP contribution in [-0.2, 0) is 9.59 Å². The van der Waals surface area contributed by atoms with Gasteiger partial charge in [-0.1, -0.05) is 0 Å². The van der Waals surface area contributed by atoms with Crippen LogP contribution in [0, 0.1) is 0 Å². The van der Waals surface area contributed by atoms with Gasteiger partial charge in [0.25, 0.3) is 0 Å². The van der Waals surface area contributed by atoms with Crippen LogP contribution >= 0.6 is 0 Å². The van der Waals surface area contributed by atoms with E-state index < -0.39 is 6.10 Å². The molecule has 2 fully saturated rings. The monoisotopic (exact) mass is 255 g/mol. The fourth-order valence-corrected chi connectivity index (χ4v) is 2.49. The first-order chi connectivity index (χ1) is 8.65. The molecule has 6 heteroatoms. The standard InChI is InChI=1S/C12H21N3O3/c16-9(8-15-5-1-2-6-15)7-13-10-3-4-11(17)14-12(10)18/h9-10,13,16H,1-8H2,(H,14,17,18). The lowest BCUT2D eigenvalue weighted by Gasteiger charge is -2.25. The summed E-state index contributed by atoms with van der Waals surface area (Å²) in [6.45, 7) is 3.15. The molecule has 6 nitrogen and oxygen atoms in total. The first-order valence-electron chi connectivity index (χ1n) is 6.62. The van der Waals surface area contributed by atoms with Gasteiger partial charge in [-0.25, -0.2) is 0 Å². The second kappa shape index (κ2) is 6.26. The molecule has 0 aromatic carbocycles. The number of aliphatic hydroxyl groups excluding tert-OH is 1. The van der Waals surface area contributed by atoms with Crippen LogP contribution in [0.3, 0.4) is 0 Å². The highest BCUT2D eigenvalue weighted by atomic mass is 16.3. The average molecular weight is 255 g/mol. The molecule has 0 saturated carbocycles. The molecule has 2 aliphatic heterocycles. The number of piperidine rings is 1. The molecule has 2 amide bonds. The lowest BCUT2D eigenvalue weighted by Crippen LogP contribution is -2.52. The molecule has 0 spiro atoms. The second-order valence-corrected chi connectivity index (χ2v) is 5.07. The lowest BCUT2D eigenvalue weighted by molar-refractivity contribution is -0.134.